The lowest BCUT2D eigenvalue weighted by Crippen LogP contribution is -2.33. The maximum Gasteiger partial charge on any atom is 0.224 e. The maximum absolute atomic E-state index is 13.3. The third-order valence-electron chi connectivity index (χ3n) is 5.57. The molecule has 1 aromatic heterocycles. The Morgan fingerprint density at radius 1 is 1.25 bits per heavy atom. The smallest absolute Gasteiger partial charge is 0.224 e. The Hall–Kier alpha value is -2.17. The van der Waals surface area contributed by atoms with E-state index in [0.29, 0.717) is 11.8 Å². The van der Waals surface area contributed by atoms with Gasteiger partial charge in [-0.2, -0.15) is 0 Å². The summed E-state index contributed by atoms with van der Waals surface area (Å²) < 4.78 is 15.2. The highest BCUT2D eigenvalue weighted by Crippen LogP contribution is 2.55. The van der Waals surface area contributed by atoms with Crippen molar-refractivity contribution >= 4 is 5.91 Å². The van der Waals surface area contributed by atoms with Crippen LogP contribution >= 0.6 is 0 Å². The first-order valence-corrected chi connectivity index (χ1v) is 8.68. The second-order valence-corrected chi connectivity index (χ2v) is 7.03. The lowest BCUT2D eigenvalue weighted by atomic mass is 10.0. The van der Waals surface area contributed by atoms with Gasteiger partial charge in [-0.1, -0.05) is 25.0 Å². The number of aromatic nitrogens is 2. The number of fused-ring (bicyclic) bond motifs is 1. The van der Waals surface area contributed by atoms with Crippen LogP contribution in [0.25, 0.3) is 0 Å². The standard InChI is InChI=1S/C19H22FN3O/c1-23-11-10-21-18(23)17(12-6-8-13(20)9-7-12)22-19(24)16-14-4-2-3-5-15(14)16/h6-11,14-17H,2-5H2,1H3,(H,22,24)/t14-,15-,17+/m0/s1. The number of nitrogens with zero attached hydrogens (tertiary/aromatic N) is 2. The largest absolute Gasteiger partial charge is 0.342 e. The Labute approximate surface area is 141 Å². The topological polar surface area (TPSA) is 46.9 Å². The molecule has 4 rings (SSSR count). The van der Waals surface area contributed by atoms with Gasteiger partial charge in [-0.25, -0.2) is 9.37 Å². The van der Waals surface area contributed by atoms with Crippen LogP contribution in [-0.2, 0) is 11.8 Å². The third-order valence-corrected chi connectivity index (χ3v) is 5.57. The van der Waals surface area contributed by atoms with Gasteiger partial charge < -0.3 is 9.88 Å². The van der Waals surface area contributed by atoms with Crippen LogP contribution < -0.4 is 5.32 Å². The van der Waals surface area contributed by atoms with Crippen LogP contribution in [-0.4, -0.2) is 15.5 Å². The van der Waals surface area contributed by atoms with Gasteiger partial charge in [0.2, 0.25) is 5.91 Å². The molecule has 0 aliphatic heterocycles. The quantitative estimate of drug-likeness (QED) is 0.937. The first-order valence-electron chi connectivity index (χ1n) is 8.68. The maximum atomic E-state index is 13.3. The molecule has 0 radical (unpaired) electrons. The van der Waals surface area contributed by atoms with E-state index in [9.17, 15) is 9.18 Å². The average molecular weight is 327 g/mol. The first-order chi connectivity index (χ1) is 11.6. The minimum Gasteiger partial charge on any atom is -0.342 e. The number of amides is 1. The zero-order valence-corrected chi connectivity index (χ0v) is 13.8. The van der Waals surface area contributed by atoms with Crippen molar-refractivity contribution in [1.82, 2.24) is 14.9 Å². The molecule has 1 heterocycles. The van der Waals surface area contributed by atoms with Gasteiger partial charge in [0.25, 0.3) is 0 Å². The molecule has 0 unspecified atom stereocenters. The highest BCUT2D eigenvalue weighted by Gasteiger charge is 2.55. The van der Waals surface area contributed by atoms with Crippen molar-refractivity contribution in [2.24, 2.45) is 24.8 Å². The summed E-state index contributed by atoms with van der Waals surface area (Å²) in [7, 11) is 1.90. The monoisotopic (exact) mass is 327 g/mol. The van der Waals surface area contributed by atoms with E-state index < -0.39 is 0 Å². The summed E-state index contributed by atoms with van der Waals surface area (Å²) in [5.74, 6) is 1.87. The molecular formula is C19H22FN3O. The van der Waals surface area contributed by atoms with E-state index in [2.05, 4.69) is 10.3 Å². The van der Waals surface area contributed by atoms with Gasteiger partial charge in [-0.05, 0) is 42.4 Å². The van der Waals surface area contributed by atoms with Crippen LogP contribution in [0.15, 0.2) is 36.7 Å². The van der Waals surface area contributed by atoms with E-state index in [-0.39, 0.29) is 23.7 Å². The Morgan fingerprint density at radius 2 is 1.92 bits per heavy atom. The molecule has 5 heteroatoms. The molecule has 2 fully saturated rings. The molecule has 1 aromatic carbocycles. The van der Waals surface area contributed by atoms with Crippen molar-refractivity contribution in [3.8, 4) is 0 Å². The van der Waals surface area contributed by atoms with Crippen LogP contribution in [0.2, 0.25) is 0 Å². The molecule has 1 amide bonds. The molecule has 2 saturated carbocycles. The molecule has 4 nitrogen and oxygen atoms in total. The van der Waals surface area contributed by atoms with Crippen LogP contribution in [0.5, 0.6) is 0 Å². The number of nitrogens with one attached hydrogen (secondary N) is 1. The van der Waals surface area contributed by atoms with Gasteiger partial charge in [0.05, 0.1) is 0 Å². The van der Waals surface area contributed by atoms with Crippen molar-refractivity contribution in [3.63, 3.8) is 0 Å². The molecule has 24 heavy (non-hydrogen) atoms. The van der Waals surface area contributed by atoms with E-state index in [1.807, 2.05) is 17.8 Å². The Balaban J connectivity index is 1.58. The summed E-state index contributed by atoms with van der Waals surface area (Å²) in [6, 6.07) is 5.94. The summed E-state index contributed by atoms with van der Waals surface area (Å²) >= 11 is 0. The summed E-state index contributed by atoms with van der Waals surface area (Å²) in [6.07, 6.45) is 8.40. The number of carbonyl (C=O) groups excluding carboxylic acids is 1. The van der Waals surface area contributed by atoms with Gasteiger partial charge in [0, 0.05) is 25.4 Å². The fraction of sp³-hybridized carbons (Fsp3) is 0.474. The SMILES string of the molecule is Cn1ccnc1[C@H](NC(=O)C1[C@H]2CCCC[C@H]12)c1ccc(F)cc1. The number of rotatable bonds is 4. The number of halogens is 1. The Morgan fingerprint density at radius 3 is 2.50 bits per heavy atom. The Bertz CT molecular complexity index is 727. The second kappa shape index (κ2) is 6.04. The van der Waals surface area contributed by atoms with E-state index >= 15 is 0 Å². The molecule has 0 saturated heterocycles. The van der Waals surface area contributed by atoms with Gasteiger partial charge >= 0.3 is 0 Å². The number of benzene rings is 1. The van der Waals surface area contributed by atoms with Crippen molar-refractivity contribution in [2.45, 2.75) is 31.7 Å². The van der Waals surface area contributed by atoms with Gasteiger partial charge in [0.1, 0.15) is 17.7 Å². The molecule has 2 aliphatic rings. The minimum absolute atomic E-state index is 0.115. The summed E-state index contributed by atoms with van der Waals surface area (Å²) in [4.78, 5) is 17.2. The first kappa shape index (κ1) is 15.4. The number of hydrogen-bond donors (Lipinski definition) is 1. The number of imidazole rings is 1. The Kier molecular flexibility index (Phi) is 3.87. The van der Waals surface area contributed by atoms with Crippen LogP contribution in [0, 0.1) is 23.6 Å². The minimum atomic E-state index is -0.347. The van der Waals surface area contributed by atoms with Crippen LogP contribution in [0.3, 0.4) is 0 Å². The zero-order chi connectivity index (χ0) is 16.7. The molecule has 0 spiro atoms. The average Bonchev–Trinajstić information content (AvgIpc) is 3.18. The van der Waals surface area contributed by atoms with Gasteiger partial charge in [-0.3, -0.25) is 4.79 Å². The van der Waals surface area contributed by atoms with Crippen molar-refractivity contribution in [3.05, 3.63) is 53.9 Å². The molecule has 3 atom stereocenters. The molecule has 2 aromatic rings. The van der Waals surface area contributed by atoms with Gasteiger partial charge in [-0.15, -0.1) is 0 Å². The van der Waals surface area contributed by atoms with Crippen LogP contribution in [0.4, 0.5) is 4.39 Å². The van der Waals surface area contributed by atoms with E-state index in [1.54, 1.807) is 18.3 Å². The predicted molar refractivity (Wildman–Crippen MR) is 88.5 cm³/mol. The second-order valence-electron chi connectivity index (χ2n) is 7.03. The van der Waals surface area contributed by atoms with Crippen molar-refractivity contribution in [2.75, 3.05) is 0 Å². The summed E-state index contributed by atoms with van der Waals surface area (Å²) in [6.45, 7) is 0. The predicted octanol–water partition coefficient (Wildman–Crippen LogP) is 3.20. The fourth-order valence-corrected chi connectivity index (χ4v) is 4.23. The third kappa shape index (κ3) is 2.72. The number of hydrogen-bond acceptors (Lipinski definition) is 2. The molecule has 1 N–H and O–H groups in total. The highest BCUT2D eigenvalue weighted by atomic mass is 19.1. The van der Waals surface area contributed by atoms with Crippen molar-refractivity contribution < 1.29 is 9.18 Å². The fourth-order valence-electron chi connectivity index (χ4n) is 4.23. The zero-order valence-electron chi connectivity index (χ0n) is 13.8. The van der Waals surface area contributed by atoms with E-state index in [1.165, 1.54) is 37.8 Å². The molecule has 2 aliphatic carbocycles. The van der Waals surface area contributed by atoms with Gasteiger partial charge in [0.15, 0.2) is 0 Å². The molecule has 0 bridgehead atoms. The molecule has 126 valence electrons. The lowest BCUT2D eigenvalue weighted by Gasteiger charge is -2.19. The number of carbonyl (C=O) groups is 1. The van der Waals surface area contributed by atoms with E-state index in [4.69, 9.17) is 0 Å². The van der Waals surface area contributed by atoms with E-state index in [0.717, 1.165) is 11.4 Å². The highest BCUT2D eigenvalue weighted by molar-refractivity contribution is 5.83. The molecular weight excluding hydrogens is 305 g/mol. The number of aryl methyl sites for hydroxylation is 1. The van der Waals surface area contributed by atoms with Crippen LogP contribution in [0.1, 0.15) is 43.1 Å². The van der Waals surface area contributed by atoms with Crippen molar-refractivity contribution in [1.29, 1.82) is 0 Å². The lowest BCUT2D eigenvalue weighted by molar-refractivity contribution is -0.123. The normalized spacial score (nSPS) is 26.5. The summed E-state index contributed by atoms with van der Waals surface area (Å²) in [5.41, 5.74) is 0.850. The summed E-state index contributed by atoms with van der Waals surface area (Å²) in [5, 5.41) is 3.17.